The second-order valence-corrected chi connectivity index (χ2v) is 6.14. The summed E-state index contributed by atoms with van der Waals surface area (Å²) in [6, 6.07) is 12.8. The van der Waals surface area contributed by atoms with Gasteiger partial charge in [-0.15, -0.1) is 11.3 Å². The molecule has 8 heteroatoms. The van der Waals surface area contributed by atoms with Gasteiger partial charge in [0, 0.05) is 10.9 Å². The van der Waals surface area contributed by atoms with Crippen molar-refractivity contribution in [3.63, 3.8) is 0 Å². The lowest BCUT2D eigenvalue weighted by Gasteiger charge is -2.04. The van der Waals surface area contributed by atoms with Crippen LogP contribution in [0.5, 0.6) is 5.75 Å². The first-order chi connectivity index (χ1) is 12.0. The Labute approximate surface area is 151 Å². The van der Waals surface area contributed by atoms with Crippen LogP contribution in [0.2, 0.25) is 5.02 Å². The molecular formula is C17H11ClF2N2O2S. The van der Waals surface area contributed by atoms with E-state index in [0.717, 1.165) is 5.56 Å². The standard InChI is InChI=1S/C17H11ClF2N2O2S/c18-13-4-2-1-3-12(13)15(23)22-17-21-14(9-25-17)10-5-7-11(8-6-10)24-16(19)20/h1-9,16H,(H,21,22,23). The molecule has 0 aliphatic heterocycles. The van der Waals surface area contributed by atoms with Crippen LogP contribution in [0.15, 0.2) is 53.9 Å². The Bertz CT molecular complexity index is 884. The first-order valence-electron chi connectivity index (χ1n) is 7.09. The van der Waals surface area contributed by atoms with Crippen molar-refractivity contribution in [2.75, 3.05) is 5.32 Å². The van der Waals surface area contributed by atoms with E-state index in [1.807, 2.05) is 0 Å². The number of halogens is 3. The Balaban J connectivity index is 1.72. The molecular weight excluding hydrogens is 370 g/mol. The molecule has 0 aliphatic carbocycles. The van der Waals surface area contributed by atoms with Crippen molar-refractivity contribution < 1.29 is 18.3 Å². The van der Waals surface area contributed by atoms with Gasteiger partial charge in [0.05, 0.1) is 16.3 Å². The van der Waals surface area contributed by atoms with Crippen molar-refractivity contribution in [1.82, 2.24) is 4.98 Å². The van der Waals surface area contributed by atoms with Gasteiger partial charge < -0.3 is 4.74 Å². The van der Waals surface area contributed by atoms with Gasteiger partial charge in [-0.2, -0.15) is 8.78 Å². The average molecular weight is 381 g/mol. The molecule has 0 atom stereocenters. The Morgan fingerprint density at radius 3 is 2.56 bits per heavy atom. The van der Waals surface area contributed by atoms with E-state index in [1.165, 1.54) is 23.5 Å². The Morgan fingerprint density at radius 1 is 1.16 bits per heavy atom. The van der Waals surface area contributed by atoms with E-state index >= 15 is 0 Å². The van der Waals surface area contributed by atoms with Gasteiger partial charge in [0.1, 0.15) is 5.75 Å². The van der Waals surface area contributed by atoms with Crippen molar-refractivity contribution in [2.24, 2.45) is 0 Å². The zero-order chi connectivity index (χ0) is 17.8. The summed E-state index contributed by atoms with van der Waals surface area (Å²) in [6.07, 6.45) is 0. The lowest BCUT2D eigenvalue weighted by atomic mass is 10.2. The van der Waals surface area contributed by atoms with Gasteiger partial charge in [0.15, 0.2) is 5.13 Å². The number of benzene rings is 2. The quantitative estimate of drug-likeness (QED) is 0.652. The molecule has 0 saturated carbocycles. The normalized spacial score (nSPS) is 10.7. The number of carbonyl (C=O) groups excluding carboxylic acids is 1. The molecule has 3 aromatic rings. The molecule has 1 N–H and O–H groups in total. The van der Waals surface area contributed by atoms with Gasteiger partial charge in [0.2, 0.25) is 0 Å². The monoisotopic (exact) mass is 380 g/mol. The number of amides is 1. The minimum Gasteiger partial charge on any atom is -0.435 e. The number of aromatic nitrogens is 1. The fourth-order valence-electron chi connectivity index (χ4n) is 2.08. The van der Waals surface area contributed by atoms with Crippen molar-refractivity contribution in [1.29, 1.82) is 0 Å². The summed E-state index contributed by atoms with van der Waals surface area (Å²) in [7, 11) is 0. The summed E-state index contributed by atoms with van der Waals surface area (Å²) in [4.78, 5) is 16.5. The molecule has 0 saturated heterocycles. The number of hydrogen-bond donors (Lipinski definition) is 1. The minimum absolute atomic E-state index is 0.0706. The maximum atomic E-state index is 12.2. The van der Waals surface area contributed by atoms with Crippen LogP contribution in [0.3, 0.4) is 0 Å². The largest absolute Gasteiger partial charge is 0.435 e. The molecule has 0 bridgehead atoms. The van der Waals surface area contributed by atoms with Crippen LogP contribution in [-0.4, -0.2) is 17.5 Å². The second-order valence-electron chi connectivity index (χ2n) is 4.87. The van der Waals surface area contributed by atoms with E-state index < -0.39 is 6.61 Å². The number of carbonyl (C=O) groups is 1. The molecule has 1 heterocycles. The van der Waals surface area contributed by atoms with Crippen LogP contribution in [0.4, 0.5) is 13.9 Å². The van der Waals surface area contributed by atoms with Crippen LogP contribution < -0.4 is 10.1 Å². The molecule has 25 heavy (non-hydrogen) atoms. The highest BCUT2D eigenvalue weighted by Crippen LogP contribution is 2.27. The van der Waals surface area contributed by atoms with E-state index in [1.54, 1.807) is 41.8 Å². The molecule has 0 fully saturated rings. The Kier molecular flexibility index (Phi) is 5.25. The van der Waals surface area contributed by atoms with Crippen molar-refractivity contribution in [2.45, 2.75) is 6.61 Å². The van der Waals surface area contributed by atoms with Gasteiger partial charge in [0.25, 0.3) is 5.91 Å². The first kappa shape index (κ1) is 17.3. The zero-order valence-electron chi connectivity index (χ0n) is 12.6. The highest BCUT2D eigenvalue weighted by molar-refractivity contribution is 7.14. The highest BCUT2D eigenvalue weighted by Gasteiger charge is 2.13. The SMILES string of the molecule is O=C(Nc1nc(-c2ccc(OC(F)F)cc2)cs1)c1ccccc1Cl. The summed E-state index contributed by atoms with van der Waals surface area (Å²) < 4.78 is 28.6. The molecule has 3 rings (SSSR count). The smallest absolute Gasteiger partial charge is 0.387 e. The molecule has 128 valence electrons. The predicted octanol–water partition coefficient (Wildman–Crippen LogP) is 5.32. The third kappa shape index (κ3) is 4.32. The third-order valence-electron chi connectivity index (χ3n) is 3.22. The molecule has 0 unspecified atom stereocenters. The van der Waals surface area contributed by atoms with E-state index in [2.05, 4.69) is 15.0 Å². The number of thiazole rings is 1. The maximum absolute atomic E-state index is 12.2. The van der Waals surface area contributed by atoms with Crippen LogP contribution in [0.1, 0.15) is 10.4 Å². The van der Waals surface area contributed by atoms with Gasteiger partial charge in [-0.3, -0.25) is 10.1 Å². The summed E-state index contributed by atoms with van der Waals surface area (Å²) in [6.45, 7) is -2.86. The average Bonchev–Trinajstić information content (AvgIpc) is 3.04. The zero-order valence-corrected chi connectivity index (χ0v) is 14.2. The summed E-state index contributed by atoms with van der Waals surface area (Å²) in [5, 5.41) is 5.21. The minimum atomic E-state index is -2.86. The second kappa shape index (κ2) is 7.58. The number of nitrogens with zero attached hydrogens (tertiary/aromatic N) is 1. The first-order valence-corrected chi connectivity index (χ1v) is 8.35. The number of ether oxygens (including phenoxy) is 1. The van der Waals surface area contributed by atoms with E-state index in [4.69, 9.17) is 11.6 Å². The topological polar surface area (TPSA) is 51.2 Å². The van der Waals surface area contributed by atoms with Gasteiger partial charge in [-0.1, -0.05) is 23.7 Å². The van der Waals surface area contributed by atoms with Crippen LogP contribution in [0, 0.1) is 0 Å². The summed E-state index contributed by atoms with van der Waals surface area (Å²) in [5.74, 6) is -0.284. The number of alkyl halides is 2. The number of nitrogens with one attached hydrogen (secondary N) is 1. The van der Waals surface area contributed by atoms with Crippen LogP contribution >= 0.6 is 22.9 Å². The molecule has 1 amide bonds. The van der Waals surface area contributed by atoms with Crippen molar-refractivity contribution in [3.05, 3.63) is 64.5 Å². The highest BCUT2D eigenvalue weighted by atomic mass is 35.5. The molecule has 2 aromatic carbocycles. The third-order valence-corrected chi connectivity index (χ3v) is 4.31. The lowest BCUT2D eigenvalue weighted by Crippen LogP contribution is -2.12. The van der Waals surface area contributed by atoms with Gasteiger partial charge >= 0.3 is 6.61 Å². The van der Waals surface area contributed by atoms with Gasteiger partial charge in [-0.05, 0) is 36.4 Å². The summed E-state index contributed by atoms with van der Waals surface area (Å²) in [5.41, 5.74) is 1.69. The number of rotatable bonds is 5. The summed E-state index contributed by atoms with van der Waals surface area (Å²) >= 11 is 7.24. The molecule has 0 aliphatic rings. The fourth-order valence-corrected chi connectivity index (χ4v) is 3.02. The van der Waals surface area contributed by atoms with Gasteiger partial charge in [-0.25, -0.2) is 4.98 Å². The fraction of sp³-hybridized carbons (Fsp3) is 0.0588. The van der Waals surface area contributed by atoms with Crippen molar-refractivity contribution >= 4 is 34.0 Å². The Hall–Kier alpha value is -2.51. The molecule has 1 aromatic heterocycles. The molecule has 0 radical (unpaired) electrons. The molecule has 4 nitrogen and oxygen atoms in total. The number of hydrogen-bond acceptors (Lipinski definition) is 4. The Morgan fingerprint density at radius 2 is 1.88 bits per heavy atom. The van der Waals surface area contributed by atoms with Crippen molar-refractivity contribution in [3.8, 4) is 17.0 Å². The lowest BCUT2D eigenvalue weighted by molar-refractivity contribution is -0.0498. The van der Waals surface area contributed by atoms with E-state index in [0.29, 0.717) is 21.4 Å². The van der Waals surface area contributed by atoms with Crippen LogP contribution in [-0.2, 0) is 0 Å². The van der Waals surface area contributed by atoms with E-state index in [-0.39, 0.29) is 11.7 Å². The maximum Gasteiger partial charge on any atom is 0.387 e. The predicted molar refractivity (Wildman–Crippen MR) is 93.6 cm³/mol. The van der Waals surface area contributed by atoms with Crippen LogP contribution in [0.25, 0.3) is 11.3 Å². The molecule has 0 spiro atoms. The van der Waals surface area contributed by atoms with E-state index in [9.17, 15) is 13.6 Å². The number of anilines is 1.